The van der Waals surface area contributed by atoms with Gasteiger partial charge in [0.25, 0.3) is 0 Å². The number of aliphatic carboxylic acids is 1. The summed E-state index contributed by atoms with van der Waals surface area (Å²) in [5.41, 5.74) is 1.01. The minimum absolute atomic E-state index is 0.250. The van der Waals surface area contributed by atoms with Crippen molar-refractivity contribution in [1.82, 2.24) is 0 Å². The summed E-state index contributed by atoms with van der Waals surface area (Å²) >= 11 is 0. The van der Waals surface area contributed by atoms with E-state index in [0.717, 1.165) is 30.6 Å². The Bertz CT molecular complexity index is 596. The third-order valence-corrected chi connectivity index (χ3v) is 5.94. The molecule has 1 aromatic rings. The van der Waals surface area contributed by atoms with E-state index in [9.17, 15) is 14.1 Å². The molecule has 1 N–H and O–H groups in total. The Hall–Kier alpha value is -1.46. The molecule has 1 saturated heterocycles. The van der Waals surface area contributed by atoms with Gasteiger partial charge in [-0.1, -0.05) is 18.2 Å². The van der Waals surface area contributed by atoms with Crippen LogP contribution in [0.1, 0.15) is 31.2 Å². The fourth-order valence-corrected chi connectivity index (χ4v) is 4.01. The van der Waals surface area contributed by atoms with Gasteiger partial charge in [0.15, 0.2) is 0 Å². The third-order valence-electron chi connectivity index (χ3n) is 4.12. The van der Waals surface area contributed by atoms with Crippen LogP contribution < -0.4 is 0 Å². The van der Waals surface area contributed by atoms with Crippen molar-refractivity contribution >= 4 is 22.3 Å². The second kappa shape index (κ2) is 6.75. The quantitative estimate of drug-likeness (QED) is 0.847. The van der Waals surface area contributed by atoms with Crippen molar-refractivity contribution in [1.29, 1.82) is 0 Å². The molecule has 5 heteroatoms. The van der Waals surface area contributed by atoms with Crippen molar-refractivity contribution < 1.29 is 18.8 Å². The molecule has 1 saturated carbocycles. The number of carbonyl (C=O) groups is 1. The van der Waals surface area contributed by atoms with Gasteiger partial charge in [-0.25, -0.2) is 4.79 Å². The second-order valence-electron chi connectivity index (χ2n) is 5.86. The molecular formula is C17H20O4S. The van der Waals surface area contributed by atoms with E-state index in [-0.39, 0.29) is 5.92 Å². The second-order valence-corrected chi connectivity index (χ2v) is 7.59. The molecular weight excluding hydrogens is 300 g/mol. The molecule has 0 radical (unpaired) electrons. The van der Waals surface area contributed by atoms with Gasteiger partial charge in [-0.3, -0.25) is 4.21 Å². The van der Waals surface area contributed by atoms with Gasteiger partial charge in [0.2, 0.25) is 0 Å². The zero-order chi connectivity index (χ0) is 15.5. The zero-order valence-corrected chi connectivity index (χ0v) is 13.2. The van der Waals surface area contributed by atoms with Gasteiger partial charge in [0.1, 0.15) is 0 Å². The van der Waals surface area contributed by atoms with Crippen LogP contribution in [-0.2, 0) is 20.3 Å². The summed E-state index contributed by atoms with van der Waals surface area (Å²) in [5, 5.41) is 9.77. The van der Waals surface area contributed by atoms with Gasteiger partial charge in [-0.15, -0.1) is 0 Å². The number of rotatable bonds is 5. The number of benzene rings is 1. The number of hydrogen-bond acceptors (Lipinski definition) is 3. The highest BCUT2D eigenvalue weighted by Gasteiger charge is 2.29. The van der Waals surface area contributed by atoms with Crippen LogP contribution in [0.3, 0.4) is 0 Å². The Morgan fingerprint density at radius 3 is 2.32 bits per heavy atom. The molecule has 1 atom stereocenters. The molecule has 0 amide bonds. The molecule has 0 aromatic heterocycles. The van der Waals surface area contributed by atoms with Crippen LogP contribution in [0.2, 0.25) is 0 Å². The van der Waals surface area contributed by atoms with Crippen LogP contribution in [0.25, 0.3) is 5.57 Å². The molecule has 2 fully saturated rings. The van der Waals surface area contributed by atoms with E-state index in [1.165, 1.54) is 0 Å². The van der Waals surface area contributed by atoms with Gasteiger partial charge in [-0.2, -0.15) is 0 Å². The first kappa shape index (κ1) is 15.4. The standard InChI is InChI=1S/C17H20O4S/c18-17(19)16(11-12-7-9-21-10-8-12)13-1-3-14(4-2-13)22(20)15-5-6-15/h1-4,11-12,15H,5-10H2,(H,18,19)/b16-11+. The number of carboxylic acid groups (broad SMARTS) is 1. The van der Waals surface area contributed by atoms with E-state index in [0.29, 0.717) is 29.6 Å². The zero-order valence-electron chi connectivity index (χ0n) is 12.4. The molecule has 22 heavy (non-hydrogen) atoms. The first-order valence-corrected chi connectivity index (χ1v) is 8.90. The number of allylic oxidation sites excluding steroid dienone is 1. The van der Waals surface area contributed by atoms with Crippen molar-refractivity contribution in [2.75, 3.05) is 13.2 Å². The lowest BCUT2D eigenvalue weighted by molar-refractivity contribution is -0.130. The summed E-state index contributed by atoms with van der Waals surface area (Å²) in [6.07, 6.45) is 5.62. The van der Waals surface area contributed by atoms with E-state index in [4.69, 9.17) is 4.74 Å². The highest BCUT2D eigenvalue weighted by molar-refractivity contribution is 7.86. The topological polar surface area (TPSA) is 63.6 Å². The Kier molecular flexibility index (Phi) is 4.74. The SMILES string of the molecule is O=C(O)/C(=C/C1CCOCC1)c1ccc(S(=O)C2CC2)cc1. The van der Waals surface area contributed by atoms with Crippen molar-refractivity contribution in [3.05, 3.63) is 35.9 Å². The summed E-state index contributed by atoms with van der Waals surface area (Å²) in [6, 6.07) is 7.14. The van der Waals surface area contributed by atoms with Crippen LogP contribution >= 0.6 is 0 Å². The summed E-state index contributed by atoms with van der Waals surface area (Å²) in [5.74, 6) is -0.664. The molecule has 1 aromatic carbocycles. The van der Waals surface area contributed by atoms with Crippen molar-refractivity contribution in [2.24, 2.45) is 5.92 Å². The van der Waals surface area contributed by atoms with E-state index in [2.05, 4.69) is 0 Å². The van der Waals surface area contributed by atoms with Crippen LogP contribution in [0, 0.1) is 5.92 Å². The van der Waals surface area contributed by atoms with Crippen LogP contribution in [0.4, 0.5) is 0 Å². The minimum atomic E-state index is -0.946. The van der Waals surface area contributed by atoms with Gasteiger partial charge in [-0.05, 0) is 49.3 Å². The van der Waals surface area contributed by atoms with Gasteiger partial charge in [0, 0.05) is 23.4 Å². The Labute approximate surface area is 132 Å². The lowest BCUT2D eigenvalue weighted by Gasteiger charge is -2.19. The van der Waals surface area contributed by atoms with Crippen LogP contribution in [-0.4, -0.2) is 33.7 Å². The first-order valence-electron chi connectivity index (χ1n) is 7.69. The molecule has 3 rings (SSSR count). The normalized spacial score (nSPS) is 21.5. The fourth-order valence-electron chi connectivity index (χ4n) is 2.65. The first-order chi connectivity index (χ1) is 10.6. The Balaban J connectivity index is 1.80. The Morgan fingerprint density at radius 2 is 1.77 bits per heavy atom. The predicted molar refractivity (Wildman–Crippen MR) is 85.0 cm³/mol. The van der Waals surface area contributed by atoms with E-state index in [1.807, 2.05) is 6.08 Å². The maximum Gasteiger partial charge on any atom is 0.335 e. The highest BCUT2D eigenvalue weighted by atomic mass is 32.2. The van der Waals surface area contributed by atoms with Gasteiger partial charge in [0.05, 0.1) is 16.4 Å². The van der Waals surface area contributed by atoms with Crippen molar-refractivity contribution in [3.63, 3.8) is 0 Å². The lowest BCUT2D eigenvalue weighted by Crippen LogP contribution is -2.15. The molecule has 2 aliphatic rings. The minimum Gasteiger partial charge on any atom is -0.478 e. The van der Waals surface area contributed by atoms with Crippen LogP contribution in [0.15, 0.2) is 35.2 Å². The maximum atomic E-state index is 12.1. The maximum absolute atomic E-state index is 12.1. The predicted octanol–water partition coefficient (Wildman–Crippen LogP) is 2.85. The summed E-state index contributed by atoms with van der Waals surface area (Å²) < 4.78 is 17.4. The van der Waals surface area contributed by atoms with Crippen molar-refractivity contribution in [3.8, 4) is 0 Å². The molecule has 0 spiro atoms. The molecule has 1 heterocycles. The summed E-state index contributed by atoms with van der Waals surface area (Å²) in [4.78, 5) is 12.3. The molecule has 1 unspecified atom stereocenters. The monoisotopic (exact) mass is 320 g/mol. The third kappa shape index (κ3) is 3.65. The Morgan fingerprint density at radius 1 is 1.14 bits per heavy atom. The molecule has 4 nitrogen and oxygen atoms in total. The summed E-state index contributed by atoms with van der Waals surface area (Å²) in [6.45, 7) is 1.38. The van der Waals surface area contributed by atoms with Crippen LogP contribution in [0.5, 0.6) is 0 Å². The summed E-state index contributed by atoms with van der Waals surface area (Å²) in [7, 11) is -0.946. The van der Waals surface area contributed by atoms with E-state index >= 15 is 0 Å². The van der Waals surface area contributed by atoms with Gasteiger partial charge >= 0.3 is 5.97 Å². The van der Waals surface area contributed by atoms with E-state index in [1.54, 1.807) is 24.3 Å². The number of ether oxygens (including phenoxy) is 1. The smallest absolute Gasteiger partial charge is 0.335 e. The molecule has 0 bridgehead atoms. The fraction of sp³-hybridized carbons (Fsp3) is 0.471. The molecule has 1 aliphatic carbocycles. The largest absolute Gasteiger partial charge is 0.478 e. The lowest BCUT2D eigenvalue weighted by atomic mass is 9.94. The highest BCUT2D eigenvalue weighted by Crippen LogP contribution is 2.31. The van der Waals surface area contributed by atoms with Gasteiger partial charge < -0.3 is 9.84 Å². The number of hydrogen-bond donors (Lipinski definition) is 1. The average Bonchev–Trinajstić information content (AvgIpc) is 3.38. The number of carboxylic acids is 1. The van der Waals surface area contributed by atoms with Crippen molar-refractivity contribution in [2.45, 2.75) is 35.8 Å². The molecule has 118 valence electrons. The average molecular weight is 320 g/mol. The molecule has 1 aliphatic heterocycles. The van der Waals surface area contributed by atoms with E-state index < -0.39 is 16.8 Å².